The van der Waals surface area contributed by atoms with Crippen LogP contribution in [0.15, 0.2) is 35.7 Å². The summed E-state index contributed by atoms with van der Waals surface area (Å²) in [6.45, 7) is 6.15. The molecule has 1 aromatic carbocycles. The summed E-state index contributed by atoms with van der Waals surface area (Å²) in [5.74, 6) is -0.467. The smallest absolute Gasteiger partial charge is 0.259 e. The number of nitrogens with one attached hydrogen (secondary N) is 3. The monoisotopic (exact) mass is 723 g/mol. The predicted octanol–water partition coefficient (Wildman–Crippen LogP) is 5.06. The number of methoxy groups -OCH3 is 1. The highest BCUT2D eigenvalue weighted by Gasteiger charge is 2.61. The molecule has 2 aromatic heterocycles. The molecule has 268 valence electrons. The lowest BCUT2D eigenvalue weighted by atomic mass is 10.1. The molecule has 50 heavy (non-hydrogen) atoms. The number of thiazole rings is 1. The van der Waals surface area contributed by atoms with Gasteiger partial charge in [0.2, 0.25) is 21.8 Å². The van der Waals surface area contributed by atoms with Gasteiger partial charge < -0.3 is 20.1 Å². The number of nitrogens with zero attached hydrogens (tertiary/aromatic N) is 2. The molecule has 0 bridgehead atoms. The van der Waals surface area contributed by atoms with Crippen molar-refractivity contribution in [3.8, 4) is 22.2 Å². The number of aromatic nitrogens is 2. The van der Waals surface area contributed by atoms with E-state index < -0.39 is 38.7 Å². The number of benzene rings is 1. The molecule has 0 saturated heterocycles. The lowest BCUT2D eigenvalue weighted by Crippen LogP contribution is -2.57. The van der Waals surface area contributed by atoms with Gasteiger partial charge in [0.25, 0.3) is 5.91 Å². The second-order valence-corrected chi connectivity index (χ2v) is 16.6. The van der Waals surface area contributed by atoms with E-state index >= 15 is 0 Å². The van der Waals surface area contributed by atoms with E-state index in [1.807, 2.05) is 42.7 Å². The van der Waals surface area contributed by atoms with Crippen LogP contribution in [0.4, 0.5) is 0 Å². The van der Waals surface area contributed by atoms with Gasteiger partial charge in [-0.1, -0.05) is 32.4 Å². The average molecular weight is 724 g/mol. The van der Waals surface area contributed by atoms with Crippen LogP contribution in [0.3, 0.4) is 0 Å². The van der Waals surface area contributed by atoms with E-state index in [9.17, 15) is 22.8 Å². The molecule has 3 atom stereocenters. The van der Waals surface area contributed by atoms with Gasteiger partial charge in [0.15, 0.2) is 0 Å². The Hall–Kier alpha value is -4.04. The SMILES string of the molecule is COc1ccc2c(OCC[C@@H]3NC(=O)CCCCCC=C[C@@H]4C[C@@]4(C(=O)NS(=O)(=O)C4CC4)NC3=O)cc(-c3nc(C(C)C)cs3)nc2c1C. The number of allylic oxidation sites excluding steroid dienone is 1. The van der Waals surface area contributed by atoms with Crippen LogP contribution in [0.2, 0.25) is 0 Å². The molecule has 12 nitrogen and oxygen atoms in total. The molecule has 3 amide bonds. The summed E-state index contributed by atoms with van der Waals surface area (Å²) in [4.78, 5) is 50.1. The molecule has 0 radical (unpaired) electrons. The lowest BCUT2D eigenvalue weighted by molar-refractivity contribution is -0.132. The molecule has 0 spiro atoms. The highest BCUT2D eigenvalue weighted by atomic mass is 32.2. The van der Waals surface area contributed by atoms with Gasteiger partial charge >= 0.3 is 0 Å². The minimum Gasteiger partial charge on any atom is -0.496 e. The first-order valence-electron chi connectivity index (χ1n) is 17.3. The third-order valence-corrected chi connectivity index (χ3v) is 12.3. The van der Waals surface area contributed by atoms with Crippen LogP contribution < -0.4 is 24.8 Å². The number of hydrogen-bond donors (Lipinski definition) is 3. The summed E-state index contributed by atoms with van der Waals surface area (Å²) in [6.07, 6.45) is 8.66. The van der Waals surface area contributed by atoms with Crippen LogP contribution in [-0.4, -0.2) is 66.7 Å². The zero-order valence-electron chi connectivity index (χ0n) is 28.9. The van der Waals surface area contributed by atoms with Crippen molar-refractivity contribution in [3.05, 3.63) is 47.0 Å². The molecule has 14 heteroatoms. The molecule has 2 fully saturated rings. The van der Waals surface area contributed by atoms with Crippen molar-refractivity contribution in [1.82, 2.24) is 25.3 Å². The number of aryl methyl sites for hydroxylation is 1. The van der Waals surface area contributed by atoms with Crippen molar-refractivity contribution < 1.29 is 32.3 Å². The maximum Gasteiger partial charge on any atom is 0.259 e. The summed E-state index contributed by atoms with van der Waals surface area (Å²) < 4.78 is 39.5. The fourth-order valence-electron chi connectivity index (χ4n) is 6.28. The number of carbonyl (C=O) groups excluding carboxylic acids is 3. The Morgan fingerprint density at radius 1 is 1.14 bits per heavy atom. The third kappa shape index (κ3) is 7.80. The van der Waals surface area contributed by atoms with E-state index in [4.69, 9.17) is 19.4 Å². The predicted molar refractivity (Wildman–Crippen MR) is 192 cm³/mol. The molecule has 3 heterocycles. The fraction of sp³-hybridized carbons (Fsp3) is 0.528. The quantitative estimate of drug-likeness (QED) is 0.243. The summed E-state index contributed by atoms with van der Waals surface area (Å²) in [5.41, 5.74) is 1.74. The Balaban J connectivity index is 1.25. The van der Waals surface area contributed by atoms with Gasteiger partial charge in [-0.3, -0.25) is 19.1 Å². The van der Waals surface area contributed by atoms with E-state index in [2.05, 4.69) is 29.2 Å². The van der Waals surface area contributed by atoms with Crippen LogP contribution in [0.1, 0.15) is 88.8 Å². The first kappa shape index (κ1) is 35.8. The summed E-state index contributed by atoms with van der Waals surface area (Å²) in [6, 6.07) is 4.54. The maximum atomic E-state index is 13.9. The highest BCUT2D eigenvalue weighted by molar-refractivity contribution is 7.91. The van der Waals surface area contributed by atoms with Crippen molar-refractivity contribution in [3.63, 3.8) is 0 Å². The van der Waals surface area contributed by atoms with Crippen LogP contribution in [-0.2, 0) is 24.4 Å². The number of ether oxygens (including phenoxy) is 2. The maximum absolute atomic E-state index is 13.9. The fourth-order valence-corrected chi connectivity index (χ4v) is 8.58. The largest absolute Gasteiger partial charge is 0.496 e. The molecule has 2 saturated carbocycles. The van der Waals surface area contributed by atoms with Crippen LogP contribution >= 0.6 is 11.3 Å². The number of sulfonamides is 1. The van der Waals surface area contributed by atoms with Crippen molar-refractivity contribution in [2.24, 2.45) is 5.92 Å². The number of amides is 3. The van der Waals surface area contributed by atoms with Crippen molar-refractivity contribution >= 4 is 50.0 Å². The third-order valence-electron chi connectivity index (χ3n) is 9.62. The normalized spacial score (nSPS) is 23.1. The van der Waals surface area contributed by atoms with Crippen molar-refractivity contribution in [2.45, 2.75) is 101 Å². The zero-order chi connectivity index (χ0) is 35.6. The molecule has 3 aliphatic rings. The second kappa shape index (κ2) is 14.7. The van der Waals surface area contributed by atoms with E-state index in [0.717, 1.165) is 40.9 Å². The van der Waals surface area contributed by atoms with Gasteiger partial charge in [-0.15, -0.1) is 11.3 Å². The Morgan fingerprint density at radius 2 is 1.94 bits per heavy atom. The first-order chi connectivity index (χ1) is 23.9. The highest BCUT2D eigenvalue weighted by Crippen LogP contribution is 2.46. The van der Waals surface area contributed by atoms with Crippen LogP contribution in [0.5, 0.6) is 11.5 Å². The van der Waals surface area contributed by atoms with Crippen molar-refractivity contribution in [1.29, 1.82) is 0 Å². The molecule has 3 aromatic rings. The zero-order valence-corrected chi connectivity index (χ0v) is 30.5. The van der Waals surface area contributed by atoms with Gasteiger partial charge in [-0.05, 0) is 63.5 Å². The number of fused-ring (bicyclic) bond motifs is 2. The standard InChI is InChI=1S/C36H45N5O7S2/c1-21(2)28-20-49-34(39-28)27-18-30(25-14-15-29(47-4)22(3)32(25)38-27)48-17-16-26-33(43)40-36(35(44)41-50(45,46)24-12-13-24)19-23(36)10-8-6-5-7-9-11-31(42)37-26/h8,10,14-15,18,20-21,23-24,26H,5-7,9,11-13,16-17,19H2,1-4H3,(H,37,42)(H,40,43)(H,41,44)/t23-,26+,36-/m1/s1. The number of carbonyl (C=O) groups is 3. The van der Waals surface area contributed by atoms with Crippen LogP contribution in [0, 0.1) is 12.8 Å². The molecule has 1 aliphatic heterocycles. The Bertz CT molecular complexity index is 1920. The Labute approximate surface area is 296 Å². The molecule has 2 aliphatic carbocycles. The molecule has 3 N–H and O–H groups in total. The second-order valence-electron chi connectivity index (χ2n) is 13.8. The summed E-state index contributed by atoms with van der Waals surface area (Å²) in [5, 5.41) is 8.64. The molecule has 0 unspecified atom stereocenters. The van der Waals surface area contributed by atoms with Gasteiger partial charge in [-0.2, -0.15) is 0 Å². The molecule has 6 rings (SSSR count). The first-order valence-corrected chi connectivity index (χ1v) is 19.8. The summed E-state index contributed by atoms with van der Waals surface area (Å²) >= 11 is 1.50. The number of pyridine rings is 1. The number of hydrogen-bond acceptors (Lipinski definition) is 10. The summed E-state index contributed by atoms with van der Waals surface area (Å²) in [7, 11) is -2.22. The minimum absolute atomic E-state index is 0.0513. The van der Waals surface area contributed by atoms with Gasteiger partial charge in [0.1, 0.15) is 33.8 Å². The van der Waals surface area contributed by atoms with Gasteiger partial charge in [-0.25, -0.2) is 18.4 Å². The molecular weight excluding hydrogens is 679 g/mol. The lowest BCUT2D eigenvalue weighted by Gasteiger charge is -2.24. The topological polar surface area (TPSA) is 166 Å². The minimum atomic E-state index is -3.83. The van der Waals surface area contributed by atoms with Crippen LogP contribution in [0.25, 0.3) is 21.6 Å². The van der Waals surface area contributed by atoms with E-state index in [1.54, 1.807) is 7.11 Å². The number of rotatable bonds is 10. The van der Waals surface area contributed by atoms with E-state index in [1.165, 1.54) is 11.3 Å². The van der Waals surface area contributed by atoms with Crippen molar-refractivity contribution in [2.75, 3.05) is 13.7 Å². The van der Waals surface area contributed by atoms with E-state index in [0.29, 0.717) is 42.0 Å². The van der Waals surface area contributed by atoms with E-state index in [-0.39, 0.29) is 43.6 Å². The van der Waals surface area contributed by atoms with Gasteiger partial charge in [0.05, 0.1) is 30.2 Å². The Kier molecular flexibility index (Phi) is 10.5. The Morgan fingerprint density at radius 3 is 2.66 bits per heavy atom. The average Bonchev–Trinajstić information content (AvgIpc) is 4.00. The van der Waals surface area contributed by atoms with Gasteiger partial charge in [0, 0.05) is 41.2 Å². The molecular formula is C36H45N5O7S2.